The molecule has 0 aromatic rings. The van der Waals surface area contributed by atoms with Crippen LogP contribution in [0.25, 0.3) is 0 Å². The van der Waals surface area contributed by atoms with Crippen LogP contribution in [0, 0.1) is 5.92 Å². The van der Waals surface area contributed by atoms with Crippen molar-refractivity contribution in [2.45, 2.75) is 259 Å². The largest absolute Gasteiger partial charge is 0.462 e. The highest BCUT2D eigenvalue weighted by molar-refractivity contribution is 5.71. The standard InChI is InChI=1S/C46H88O6/c1-5-8-10-12-13-14-15-16-17-18-19-20-21-22-26-30-34-38-45(48)51-41-43(40-50-44(47)37-33-28-11-9-6-2)52-46(49)39-35-31-27-24-23-25-29-32-36-42(4)7-3/h42-43H,5-41H2,1-4H3/t42?,43-/m1/s1. The summed E-state index contributed by atoms with van der Waals surface area (Å²) in [6.07, 6.45) is 39.7. The molecule has 308 valence electrons. The van der Waals surface area contributed by atoms with E-state index in [-0.39, 0.29) is 31.1 Å². The first-order chi connectivity index (χ1) is 25.4. The Balaban J connectivity index is 4.15. The van der Waals surface area contributed by atoms with Gasteiger partial charge >= 0.3 is 17.9 Å². The van der Waals surface area contributed by atoms with Gasteiger partial charge in [0.15, 0.2) is 6.10 Å². The van der Waals surface area contributed by atoms with E-state index >= 15 is 0 Å². The van der Waals surface area contributed by atoms with Crippen molar-refractivity contribution >= 4 is 17.9 Å². The van der Waals surface area contributed by atoms with Crippen molar-refractivity contribution in [3.63, 3.8) is 0 Å². The fraction of sp³-hybridized carbons (Fsp3) is 0.935. The third-order valence-corrected chi connectivity index (χ3v) is 10.7. The van der Waals surface area contributed by atoms with Crippen LogP contribution in [0.15, 0.2) is 0 Å². The number of rotatable bonds is 41. The van der Waals surface area contributed by atoms with Crippen molar-refractivity contribution in [3.8, 4) is 0 Å². The summed E-state index contributed by atoms with van der Waals surface area (Å²) in [6.45, 7) is 8.92. The molecule has 0 spiro atoms. The average Bonchev–Trinajstić information content (AvgIpc) is 3.14. The first-order valence-corrected chi connectivity index (χ1v) is 22.9. The number of esters is 3. The van der Waals surface area contributed by atoms with Crippen LogP contribution in [0.4, 0.5) is 0 Å². The molecule has 0 rings (SSSR count). The van der Waals surface area contributed by atoms with Crippen LogP contribution in [0.5, 0.6) is 0 Å². The molecule has 0 aromatic heterocycles. The second-order valence-corrected chi connectivity index (χ2v) is 15.9. The van der Waals surface area contributed by atoms with Gasteiger partial charge in [0, 0.05) is 19.3 Å². The van der Waals surface area contributed by atoms with Crippen molar-refractivity contribution in [1.82, 2.24) is 0 Å². The molecule has 6 heteroatoms. The van der Waals surface area contributed by atoms with Gasteiger partial charge in [0.2, 0.25) is 0 Å². The molecule has 0 saturated heterocycles. The summed E-state index contributed by atoms with van der Waals surface area (Å²) in [5.74, 6) is -0.0246. The highest BCUT2D eigenvalue weighted by atomic mass is 16.6. The highest BCUT2D eigenvalue weighted by Gasteiger charge is 2.19. The SMILES string of the molecule is CCCCCCCCCCCCCCCCCCCC(=O)OC[C@@H](COC(=O)CCCCCCC)OC(=O)CCCCCCCCCCC(C)CC. The third kappa shape index (κ3) is 38.1. The van der Waals surface area contributed by atoms with E-state index in [0.29, 0.717) is 19.3 Å². The molecule has 52 heavy (non-hydrogen) atoms. The molecule has 0 aromatic carbocycles. The summed E-state index contributed by atoms with van der Waals surface area (Å²) in [6, 6.07) is 0. The van der Waals surface area contributed by atoms with Crippen LogP contribution in [0.2, 0.25) is 0 Å². The van der Waals surface area contributed by atoms with Gasteiger partial charge in [-0.05, 0) is 25.2 Å². The van der Waals surface area contributed by atoms with Crippen LogP contribution in [-0.4, -0.2) is 37.2 Å². The van der Waals surface area contributed by atoms with E-state index in [1.807, 2.05) is 0 Å². The maximum atomic E-state index is 12.6. The van der Waals surface area contributed by atoms with E-state index in [4.69, 9.17) is 14.2 Å². The highest BCUT2D eigenvalue weighted by Crippen LogP contribution is 2.17. The van der Waals surface area contributed by atoms with Crippen molar-refractivity contribution in [2.24, 2.45) is 5.92 Å². The lowest BCUT2D eigenvalue weighted by molar-refractivity contribution is -0.167. The van der Waals surface area contributed by atoms with E-state index in [2.05, 4.69) is 27.7 Å². The molecule has 2 atom stereocenters. The van der Waals surface area contributed by atoms with Gasteiger partial charge in [0.05, 0.1) is 0 Å². The van der Waals surface area contributed by atoms with Crippen LogP contribution in [0.1, 0.15) is 252 Å². The van der Waals surface area contributed by atoms with Gasteiger partial charge in [0.25, 0.3) is 0 Å². The number of carbonyl (C=O) groups is 3. The molecule has 0 saturated carbocycles. The summed E-state index contributed by atoms with van der Waals surface area (Å²) in [5, 5.41) is 0. The lowest BCUT2D eigenvalue weighted by Crippen LogP contribution is -2.30. The van der Waals surface area contributed by atoms with Gasteiger partial charge in [0.1, 0.15) is 13.2 Å². The second kappa shape index (κ2) is 40.6. The van der Waals surface area contributed by atoms with E-state index in [0.717, 1.165) is 70.1 Å². The Morgan fingerprint density at radius 2 is 0.673 bits per heavy atom. The predicted octanol–water partition coefficient (Wildman–Crippen LogP) is 14.3. The van der Waals surface area contributed by atoms with Crippen molar-refractivity contribution in [3.05, 3.63) is 0 Å². The van der Waals surface area contributed by atoms with E-state index < -0.39 is 6.10 Å². The maximum Gasteiger partial charge on any atom is 0.306 e. The minimum atomic E-state index is -0.758. The zero-order valence-electron chi connectivity index (χ0n) is 35.3. The molecule has 0 heterocycles. The average molecular weight is 737 g/mol. The van der Waals surface area contributed by atoms with Crippen LogP contribution < -0.4 is 0 Å². The van der Waals surface area contributed by atoms with Crippen molar-refractivity contribution in [2.75, 3.05) is 13.2 Å². The molecule has 0 fully saturated rings. The Bertz CT molecular complexity index is 783. The van der Waals surface area contributed by atoms with Gasteiger partial charge in [-0.1, -0.05) is 214 Å². The molecule has 0 aliphatic rings. The van der Waals surface area contributed by atoms with Crippen molar-refractivity contribution < 1.29 is 28.6 Å². The Morgan fingerprint density at radius 1 is 0.385 bits per heavy atom. The van der Waals surface area contributed by atoms with Gasteiger partial charge in [-0.25, -0.2) is 0 Å². The topological polar surface area (TPSA) is 78.9 Å². The van der Waals surface area contributed by atoms with Crippen molar-refractivity contribution in [1.29, 1.82) is 0 Å². The second-order valence-electron chi connectivity index (χ2n) is 15.9. The molecule has 0 aliphatic carbocycles. The summed E-state index contributed by atoms with van der Waals surface area (Å²) in [7, 11) is 0. The van der Waals surface area contributed by atoms with Gasteiger partial charge < -0.3 is 14.2 Å². The minimum Gasteiger partial charge on any atom is -0.462 e. The van der Waals surface area contributed by atoms with E-state index in [9.17, 15) is 14.4 Å². The molecular weight excluding hydrogens is 648 g/mol. The van der Waals surface area contributed by atoms with E-state index in [1.165, 1.54) is 141 Å². The maximum absolute atomic E-state index is 12.6. The number of ether oxygens (including phenoxy) is 3. The molecule has 0 amide bonds. The molecule has 6 nitrogen and oxygen atoms in total. The molecule has 1 unspecified atom stereocenters. The first-order valence-electron chi connectivity index (χ1n) is 22.9. The molecule has 0 radical (unpaired) electrons. The number of hydrogen-bond donors (Lipinski definition) is 0. The summed E-state index contributed by atoms with van der Waals surface area (Å²) >= 11 is 0. The summed E-state index contributed by atoms with van der Waals surface area (Å²) in [5.41, 5.74) is 0. The lowest BCUT2D eigenvalue weighted by atomic mass is 9.99. The van der Waals surface area contributed by atoms with Crippen LogP contribution in [-0.2, 0) is 28.6 Å². The zero-order valence-corrected chi connectivity index (χ0v) is 35.3. The Morgan fingerprint density at radius 3 is 1.00 bits per heavy atom. The number of hydrogen-bond acceptors (Lipinski definition) is 6. The third-order valence-electron chi connectivity index (χ3n) is 10.7. The quantitative estimate of drug-likeness (QED) is 0.0353. The van der Waals surface area contributed by atoms with Gasteiger partial charge in [-0.3, -0.25) is 14.4 Å². The normalized spacial score (nSPS) is 12.5. The monoisotopic (exact) mass is 737 g/mol. The molecule has 0 N–H and O–H groups in total. The fourth-order valence-corrected chi connectivity index (χ4v) is 6.77. The lowest BCUT2D eigenvalue weighted by Gasteiger charge is -2.18. The number of carbonyl (C=O) groups excluding carboxylic acids is 3. The Hall–Kier alpha value is -1.59. The van der Waals surface area contributed by atoms with Crippen LogP contribution >= 0.6 is 0 Å². The van der Waals surface area contributed by atoms with Gasteiger partial charge in [-0.2, -0.15) is 0 Å². The van der Waals surface area contributed by atoms with Gasteiger partial charge in [-0.15, -0.1) is 0 Å². The van der Waals surface area contributed by atoms with Crippen LogP contribution in [0.3, 0.4) is 0 Å². The smallest absolute Gasteiger partial charge is 0.306 e. The zero-order chi connectivity index (χ0) is 38.2. The molecule has 0 bridgehead atoms. The molecular formula is C46H88O6. The molecule has 0 aliphatic heterocycles. The summed E-state index contributed by atoms with van der Waals surface area (Å²) in [4.78, 5) is 37.4. The Labute approximate surface area is 323 Å². The fourth-order valence-electron chi connectivity index (χ4n) is 6.77. The Kier molecular flexibility index (Phi) is 39.4. The minimum absolute atomic E-state index is 0.0651. The van der Waals surface area contributed by atoms with E-state index in [1.54, 1.807) is 0 Å². The predicted molar refractivity (Wildman–Crippen MR) is 220 cm³/mol. The summed E-state index contributed by atoms with van der Waals surface area (Å²) < 4.78 is 16.6. The number of unbranched alkanes of at least 4 members (excludes halogenated alkanes) is 27. The first kappa shape index (κ1) is 50.4.